The number of nitrogens with one attached hydrogen (secondary N) is 1. The zero-order valence-corrected chi connectivity index (χ0v) is 14.9. The lowest BCUT2D eigenvalue weighted by Gasteiger charge is -2.24. The lowest BCUT2D eigenvalue weighted by molar-refractivity contribution is -0.151. The normalized spacial score (nSPS) is 15.0. The van der Waals surface area contributed by atoms with Crippen molar-refractivity contribution in [2.45, 2.75) is 32.1 Å². The van der Waals surface area contributed by atoms with E-state index in [1.54, 1.807) is 29.2 Å². The number of benzene rings is 1. The largest absolute Gasteiger partial charge is 0.454 e. The lowest BCUT2D eigenvalue weighted by Crippen LogP contribution is -2.38. The van der Waals surface area contributed by atoms with Gasteiger partial charge in [0.25, 0.3) is 11.8 Å². The predicted molar refractivity (Wildman–Crippen MR) is 94.4 cm³/mol. The van der Waals surface area contributed by atoms with E-state index in [4.69, 9.17) is 16.3 Å². The molecule has 0 saturated carbocycles. The van der Waals surface area contributed by atoms with Crippen molar-refractivity contribution in [1.29, 1.82) is 0 Å². The van der Waals surface area contributed by atoms with E-state index in [-0.39, 0.29) is 19.1 Å². The number of halogens is 1. The van der Waals surface area contributed by atoms with Gasteiger partial charge in [0.15, 0.2) is 6.61 Å². The van der Waals surface area contributed by atoms with Crippen LogP contribution in [-0.2, 0) is 14.3 Å². The van der Waals surface area contributed by atoms with Crippen LogP contribution < -0.4 is 5.32 Å². The first-order chi connectivity index (χ1) is 12.1. The first kappa shape index (κ1) is 19.2. The maximum Gasteiger partial charge on any atom is 0.325 e. The van der Waals surface area contributed by atoms with Crippen molar-refractivity contribution >= 4 is 29.4 Å². The van der Waals surface area contributed by atoms with Crippen LogP contribution in [-0.4, -0.2) is 48.9 Å². The van der Waals surface area contributed by atoms with Crippen molar-refractivity contribution in [2.75, 3.05) is 26.2 Å². The third-order valence-corrected chi connectivity index (χ3v) is 4.32. The third kappa shape index (κ3) is 6.74. The summed E-state index contributed by atoms with van der Waals surface area (Å²) in [4.78, 5) is 37.5. The number of amides is 2. The molecule has 1 saturated heterocycles. The molecule has 1 aliphatic heterocycles. The Labute approximate surface area is 152 Å². The Morgan fingerprint density at radius 2 is 1.60 bits per heavy atom. The van der Waals surface area contributed by atoms with E-state index >= 15 is 0 Å². The van der Waals surface area contributed by atoms with Gasteiger partial charge in [-0.2, -0.15) is 0 Å². The molecule has 25 heavy (non-hydrogen) atoms. The van der Waals surface area contributed by atoms with Gasteiger partial charge in [-0.05, 0) is 37.1 Å². The van der Waals surface area contributed by atoms with Crippen molar-refractivity contribution in [3.63, 3.8) is 0 Å². The van der Waals surface area contributed by atoms with Crippen molar-refractivity contribution in [1.82, 2.24) is 10.2 Å². The molecule has 7 heteroatoms. The van der Waals surface area contributed by atoms with E-state index in [2.05, 4.69) is 5.32 Å². The summed E-state index contributed by atoms with van der Waals surface area (Å²) in [6.07, 6.45) is 5.43. The van der Waals surface area contributed by atoms with Crippen LogP contribution in [0.3, 0.4) is 0 Å². The van der Waals surface area contributed by atoms with Crippen molar-refractivity contribution in [3.8, 4) is 0 Å². The van der Waals surface area contributed by atoms with Gasteiger partial charge < -0.3 is 15.0 Å². The Morgan fingerprint density at radius 1 is 1.00 bits per heavy atom. The summed E-state index contributed by atoms with van der Waals surface area (Å²) in [6, 6.07) is 6.32. The van der Waals surface area contributed by atoms with Gasteiger partial charge in [-0.25, -0.2) is 0 Å². The minimum absolute atomic E-state index is 0.181. The second kappa shape index (κ2) is 10.0. The number of nitrogens with zero attached hydrogens (tertiary/aromatic N) is 1. The van der Waals surface area contributed by atoms with Gasteiger partial charge in [0.05, 0.1) is 0 Å². The van der Waals surface area contributed by atoms with Gasteiger partial charge in [0.2, 0.25) is 0 Å². The van der Waals surface area contributed by atoms with E-state index in [1.165, 1.54) is 6.42 Å². The van der Waals surface area contributed by atoms with Crippen LogP contribution in [0.5, 0.6) is 0 Å². The molecule has 0 aromatic heterocycles. The number of likely N-dealkylation sites (tertiary alicyclic amines) is 1. The van der Waals surface area contributed by atoms with Gasteiger partial charge in [0.1, 0.15) is 6.54 Å². The van der Waals surface area contributed by atoms with Crippen LogP contribution in [0, 0.1) is 0 Å². The summed E-state index contributed by atoms with van der Waals surface area (Å²) < 4.78 is 4.97. The van der Waals surface area contributed by atoms with Gasteiger partial charge in [-0.3, -0.25) is 14.4 Å². The molecule has 0 spiro atoms. The molecule has 1 aromatic rings. The summed E-state index contributed by atoms with van der Waals surface area (Å²) >= 11 is 5.76. The Balaban J connectivity index is 1.69. The minimum atomic E-state index is -0.636. The molecule has 1 heterocycles. The number of rotatable bonds is 5. The molecular formula is C18H23ClN2O4. The van der Waals surface area contributed by atoms with E-state index < -0.39 is 11.9 Å². The van der Waals surface area contributed by atoms with E-state index in [9.17, 15) is 14.4 Å². The monoisotopic (exact) mass is 366 g/mol. The Hall–Kier alpha value is -2.08. The number of hydrogen-bond donors (Lipinski definition) is 1. The van der Waals surface area contributed by atoms with Crippen LogP contribution in [0.15, 0.2) is 24.3 Å². The summed E-state index contributed by atoms with van der Waals surface area (Å²) in [6.45, 7) is 0.859. The molecule has 0 atom stereocenters. The molecular weight excluding hydrogens is 344 g/mol. The Kier molecular flexibility index (Phi) is 7.73. The molecule has 1 aliphatic rings. The smallest absolute Gasteiger partial charge is 0.325 e. The number of esters is 1. The SMILES string of the molecule is O=C(CNC(=O)c1ccc(Cl)cc1)OCC(=O)N1CCCCCCC1. The third-order valence-electron chi connectivity index (χ3n) is 4.07. The summed E-state index contributed by atoms with van der Waals surface area (Å²) in [5.74, 6) is -1.22. The summed E-state index contributed by atoms with van der Waals surface area (Å²) in [5.41, 5.74) is 0.397. The first-order valence-electron chi connectivity index (χ1n) is 8.53. The molecule has 0 unspecified atom stereocenters. The van der Waals surface area contributed by atoms with Gasteiger partial charge in [0, 0.05) is 23.7 Å². The van der Waals surface area contributed by atoms with Crippen molar-refractivity contribution in [3.05, 3.63) is 34.9 Å². The van der Waals surface area contributed by atoms with Crippen LogP contribution in [0.25, 0.3) is 0 Å². The maximum absolute atomic E-state index is 12.1. The number of ether oxygens (including phenoxy) is 1. The molecule has 2 amide bonds. The molecule has 136 valence electrons. The molecule has 6 nitrogen and oxygen atoms in total. The molecule has 0 aliphatic carbocycles. The quantitative estimate of drug-likeness (QED) is 0.812. The van der Waals surface area contributed by atoms with E-state index in [0.717, 1.165) is 25.7 Å². The summed E-state index contributed by atoms with van der Waals surface area (Å²) in [5, 5.41) is 2.98. The summed E-state index contributed by atoms with van der Waals surface area (Å²) in [7, 11) is 0. The number of carbonyl (C=O) groups is 3. The maximum atomic E-state index is 12.1. The number of hydrogen-bond acceptors (Lipinski definition) is 4. The highest BCUT2D eigenvalue weighted by atomic mass is 35.5. The second-order valence-electron chi connectivity index (χ2n) is 6.00. The predicted octanol–water partition coefficient (Wildman–Crippen LogP) is 2.41. The average Bonchev–Trinajstić information content (AvgIpc) is 2.58. The van der Waals surface area contributed by atoms with Gasteiger partial charge in [-0.15, -0.1) is 0 Å². The molecule has 0 bridgehead atoms. The van der Waals surface area contributed by atoms with Crippen molar-refractivity contribution < 1.29 is 19.1 Å². The molecule has 1 fully saturated rings. The highest BCUT2D eigenvalue weighted by Crippen LogP contribution is 2.11. The minimum Gasteiger partial charge on any atom is -0.454 e. The zero-order valence-electron chi connectivity index (χ0n) is 14.1. The van der Waals surface area contributed by atoms with E-state index in [0.29, 0.717) is 23.7 Å². The molecule has 2 rings (SSSR count). The van der Waals surface area contributed by atoms with Crippen LogP contribution in [0.4, 0.5) is 0 Å². The Morgan fingerprint density at radius 3 is 2.24 bits per heavy atom. The van der Waals surface area contributed by atoms with Crippen LogP contribution >= 0.6 is 11.6 Å². The highest BCUT2D eigenvalue weighted by Gasteiger charge is 2.17. The average molecular weight is 367 g/mol. The van der Waals surface area contributed by atoms with E-state index in [1.807, 2.05) is 0 Å². The molecule has 0 radical (unpaired) electrons. The zero-order chi connectivity index (χ0) is 18.1. The fourth-order valence-corrected chi connectivity index (χ4v) is 2.76. The van der Waals surface area contributed by atoms with Crippen LogP contribution in [0.1, 0.15) is 42.5 Å². The molecule has 1 N–H and O–H groups in total. The number of carbonyl (C=O) groups excluding carboxylic acids is 3. The lowest BCUT2D eigenvalue weighted by atomic mass is 10.1. The van der Waals surface area contributed by atoms with Crippen molar-refractivity contribution in [2.24, 2.45) is 0 Å². The molecule has 1 aromatic carbocycles. The van der Waals surface area contributed by atoms with Crippen LogP contribution in [0.2, 0.25) is 5.02 Å². The van der Waals surface area contributed by atoms with Gasteiger partial charge in [-0.1, -0.05) is 30.9 Å². The fraction of sp³-hybridized carbons (Fsp3) is 0.500. The van der Waals surface area contributed by atoms with Gasteiger partial charge >= 0.3 is 5.97 Å². The topological polar surface area (TPSA) is 75.7 Å². The standard InChI is InChI=1S/C18H23ClN2O4/c19-15-8-6-14(7-9-15)18(24)20-12-17(23)25-13-16(22)21-10-4-2-1-3-5-11-21/h6-9H,1-5,10-13H2,(H,20,24). The fourth-order valence-electron chi connectivity index (χ4n) is 2.64. The Bertz CT molecular complexity index is 596. The first-order valence-corrected chi connectivity index (χ1v) is 8.91. The second-order valence-corrected chi connectivity index (χ2v) is 6.44. The highest BCUT2D eigenvalue weighted by molar-refractivity contribution is 6.30.